The van der Waals surface area contributed by atoms with E-state index in [-0.39, 0.29) is 5.69 Å². The van der Waals surface area contributed by atoms with Crippen molar-refractivity contribution in [2.45, 2.75) is 6.92 Å². The number of aromatic carboxylic acids is 1. The van der Waals surface area contributed by atoms with Gasteiger partial charge in [0.25, 0.3) is 0 Å². The number of rotatable bonds is 2. The number of anilines is 1. The van der Waals surface area contributed by atoms with Gasteiger partial charge in [0, 0.05) is 23.6 Å². The topological polar surface area (TPSA) is 89.1 Å². The van der Waals surface area contributed by atoms with Gasteiger partial charge in [0.2, 0.25) is 0 Å². The minimum absolute atomic E-state index is 0.151. The van der Waals surface area contributed by atoms with Crippen molar-refractivity contribution in [3.05, 3.63) is 41.5 Å². The number of nitrogens with two attached hydrogens (primary N) is 1. The van der Waals surface area contributed by atoms with Crippen LogP contribution in [0.5, 0.6) is 0 Å². The van der Waals surface area contributed by atoms with E-state index in [1.54, 1.807) is 12.4 Å². The summed E-state index contributed by atoms with van der Waals surface area (Å²) in [5.41, 5.74) is 6.04. The molecule has 3 N–H and O–H groups in total. The molecule has 0 atom stereocenters. The van der Waals surface area contributed by atoms with Gasteiger partial charge in [-0.2, -0.15) is 0 Å². The maximum atomic E-state index is 13.6. The Kier molecular flexibility index (Phi) is 2.93. The summed E-state index contributed by atoms with van der Waals surface area (Å²) in [7, 11) is 0. The zero-order valence-corrected chi connectivity index (χ0v) is 9.51. The number of hydrogen-bond acceptors (Lipinski definition) is 4. The van der Waals surface area contributed by atoms with E-state index in [9.17, 15) is 9.18 Å². The third-order valence-electron chi connectivity index (χ3n) is 2.37. The predicted molar refractivity (Wildman–Crippen MR) is 63.5 cm³/mol. The first-order valence-corrected chi connectivity index (χ1v) is 5.10. The summed E-state index contributed by atoms with van der Waals surface area (Å²) in [4.78, 5) is 18.8. The fourth-order valence-electron chi connectivity index (χ4n) is 1.52. The molecular formula is C12H10FN3O2. The fourth-order valence-corrected chi connectivity index (χ4v) is 1.52. The molecule has 92 valence electrons. The Hall–Kier alpha value is -2.50. The summed E-state index contributed by atoms with van der Waals surface area (Å²) >= 11 is 0. The zero-order chi connectivity index (χ0) is 13.3. The first-order chi connectivity index (χ1) is 8.49. The molecule has 2 aromatic rings. The van der Waals surface area contributed by atoms with Crippen LogP contribution in [0.4, 0.5) is 10.1 Å². The van der Waals surface area contributed by atoms with E-state index in [1.807, 2.05) is 6.92 Å². The highest BCUT2D eigenvalue weighted by atomic mass is 19.1. The third-order valence-corrected chi connectivity index (χ3v) is 2.37. The van der Waals surface area contributed by atoms with Gasteiger partial charge < -0.3 is 10.8 Å². The Labute approximate surface area is 102 Å². The normalized spacial score (nSPS) is 10.3. The van der Waals surface area contributed by atoms with Crippen LogP contribution in [0.1, 0.15) is 15.9 Å². The number of benzene rings is 1. The number of hydrogen-bond donors (Lipinski definition) is 2. The van der Waals surface area contributed by atoms with Crippen LogP contribution in [-0.4, -0.2) is 21.0 Å². The van der Waals surface area contributed by atoms with Crippen molar-refractivity contribution >= 4 is 11.7 Å². The van der Waals surface area contributed by atoms with Gasteiger partial charge in [0.1, 0.15) is 11.4 Å². The van der Waals surface area contributed by atoms with E-state index in [1.165, 1.54) is 6.07 Å². The molecule has 0 fully saturated rings. The predicted octanol–water partition coefficient (Wildman–Crippen LogP) is 1.87. The van der Waals surface area contributed by atoms with Crippen molar-refractivity contribution in [1.82, 2.24) is 9.97 Å². The van der Waals surface area contributed by atoms with Crippen molar-refractivity contribution < 1.29 is 14.3 Å². The number of carboxylic acid groups (broad SMARTS) is 1. The van der Waals surface area contributed by atoms with Crippen LogP contribution in [0, 0.1) is 12.7 Å². The van der Waals surface area contributed by atoms with Gasteiger partial charge in [0.05, 0.1) is 0 Å². The molecule has 2 rings (SSSR count). The quantitative estimate of drug-likeness (QED) is 0.791. The first kappa shape index (κ1) is 12.0. The number of aryl methyl sites for hydroxylation is 1. The second-order valence-corrected chi connectivity index (χ2v) is 3.81. The minimum Gasteiger partial charge on any atom is -0.478 e. The molecule has 0 bridgehead atoms. The van der Waals surface area contributed by atoms with Crippen LogP contribution in [0.15, 0.2) is 24.5 Å². The van der Waals surface area contributed by atoms with E-state index >= 15 is 0 Å². The first-order valence-electron chi connectivity index (χ1n) is 5.10. The van der Waals surface area contributed by atoms with Crippen molar-refractivity contribution in [1.29, 1.82) is 0 Å². The molecule has 0 radical (unpaired) electrons. The maximum Gasteiger partial charge on any atom is 0.340 e. The Balaban J connectivity index is 2.54. The van der Waals surface area contributed by atoms with E-state index in [4.69, 9.17) is 10.8 Å². The summed E-state index contributed by atoms with van der Waals surface area (Å²) in [6, 6.07) is 2.40. The highest BCUT2D eigenvalue weighted by Gasteiger charge is 2.16. The molecule has 0 aliphatic heterocycles. The van der Waals surface area contributed by atoms with Crippen LogP contribution < -0.4 is 5.73 Å². The molecule has 1 aromatic heterocycles. The van der Waals surface area contributed by atoms with E-state index < -0.39 is 17.3 Å². The molecule has 5 nitrogen and oxygen atoms in total. The van der Waals surface area contributed by atoms with Crippen LogP contribution in [0.2, 0.25) is 0 Å². The summed E-state index contributed by atoms with van der Waals surface area (Å²) in [6.45, 7) is 1.83. The number of nitrogen functional groups attached to an aromatic ring is 1. The van der Waals surface area contributed by atoms with Crippen molar-refractivity contribution in [3.63, 3.8) is 0 Å². The molecule has 1 heterocycles. The Morgan fingerprint density at radius 1 is 1.33 bits per heavy atom. The second-order valence-electron chi connectivity index (χ2n) is 3.81. The number of halogens is 1. The fraction of sp³-hybridized carbons (Fsp3) is 0.0833. The van der Waals surface area contributed by atoms with Gasteiger partial charge in [-0.25, -0.2) is 19.2 Å². The molecule has 18 heavy (non-hydrogen) atoms. The van der Waals surface area contributed by atoms with Gasteiger partial charge in [0.15, 0.2) is 5.82 Å². The van der Waals surface area contributed by atoms with Gasteiger partial charge in [-0.15, -0.1) is 0 Å². The average molecular weight is 247 g/mol. The van der Waals surface area contributed by atoms with Crippen LogP contribution in [0.3, 0.4) is 0 Å². The van der Waals surface area contributed by atoms with Gasteiger partial charge in [-0.3, -0.25) is 0 Å². The summed E-state index contributed by atoms with van der Waals surface area (Å²) in [6.07, 6.45) is 3.17. The monoisotopic (exact) mass is 247 g/mol. The molecule has 0 aliphatic carbocycles. The lowest BCUT2D eigenvalue weighted by molar-refractivity contribution is 0.0693. The second kappa shape index (κ2) is 4.40. The van der Waals surface area contributed by atoms with E-state index in [0.29, 0.717) is 11.4 Å². The lowest BCUT2D eigenvalue weighted by Crippen LogP contribution is -2.06. The zero-order valence-electron chi connectivity index (χ0n) is 9.51. The Morgan fingerprint density at radius 3 is 2.44 bits per heavy atom. The molecule has 0 saturated heterocycles. The minimum atomic E-state index is -1.40. The maximum absolute atomic E-state index is 13.6. The smallest absolute Gasteiger partial charge is 0.340 e. The Bertz CT molecular complexity index is 588. The molecule has 0 spiro atoms. The molecule has 1 aromatic carbocycles. The van der Waals surface area contributed by atoms with Gasteiger partial charge in [-0.05, 0) is 24.6 Å². The highest BCUT2D eigenvalue weighted by molar-refractivity contribution is 5.94. The van der Waals surface area contributed by atoms with E-state index in [0.717, 1.165) is 11.6 Å². The number of nitrogens with zero attached hydrogens (tertiary/aromatic N) is 2. The van der Waals surface area contributed by atoms with Crippen molar-refractivity contribution in [2.75, 3.05) is 5.73 Å². The molecule has 0 amide bonds. The van der Waals surface area contributed by atoms with Crippen LogP contribution in [-0.2, 0) is 0 Å². The van der Waals surface area contributed by atoms with Gasteiger partial charge in [-0.1, -0.05) is 0 Å². The van der Waals surface area contributed by atoms with Crippen molar-refractivity contribution in [2.24, 2.45) is 0 Å². The molecule has 0 unspecified atom stereocenters. The molecule has 6 heteroatoms. The Morgan fingerprint density at radius 2 is 1.94 bits per heavy atom. The molecule has 0 saturated carbocycles. The number of carboxylic acids is 1. The summed E-state index contributed by atoms with van der Waals surface area (Å²) < 4.78 is 13.6. The molecule has 0 aliphatic rings. The van der Waals surface area contributed by atoms with Gasteiger partial charge >= 0.3 is 5.97 Å². The summed E-state index contributed by atoms with van der Waals surface area (Å²) in [5, 5.41) is 8.79. The van der Waals surface area contributed by atoms with Crippen molar-refractivity contribution in [3.8, 4) is 11.4 Å². The standard InChI is InChI=1S/C12H10FN3O2/c1-6-4-15-11(16-5-6)7-2-8(13)10(12(17)18)9(14)3-7/h2-5H,14H2,1H3,(H,17,18). The van der Waals surface area contributed by atoms with E-state index in [2.05, 4.69) is 9.97 Å². The lowest BCUT2D eigenvalue weighted by atomic mass is 10.1. The van der Waals surface area contributed by atoms with Crippen LogP contribution >= 0.6 is 0 Å². The number of aromatic nitrogens is 2. The average Bonchev–Trinajstić information content (AvgIpc) is 2.28. The highest BCUT2D eigenvalue weighted by Crippen LogP contribution is 2.24. The molecular weight excluding hydrogens is 237 g/mol. The van der Waals surface area contributed by atoms with Crippen LogP contribution in [0.25, 0.3) is 11.4 Å². The SMILES string of the molecule is Cc1cnc(-c2cc(N)c(C(=O)O)c(F)c2)nc1. The lowest BCUT2D eigenvalue weighted by Gasteiger charge is -2.06. The summed E-state index contributed by atoms with van der Waals surface area (Å²) in [5.74, 6) is -2.01. The number of carbonyl (C=O) groups is 1. The largest absolute Gasteiger partial charge is 0.478 e. The third kappa shape index (κ3) is 2.13.